The molecule has 0 aliphatic carbocycles. The molecular weight excluding hydrogens is 322 g/mol. The van der Waals surface area contributed by atoms with Crippen molar-refractivity contribution in [2.75, 3.05) is 0 Å². The number of allylic oxidation sites excluding steroid dienone is 1. The van der Waals surface area contributed by atoms with Gasteiger partial charge in [-0.3, -0.25) is 0 Å². The molecule has 2 rings (SSSR count). The first-order valence-electron chi connectivity index (χ1n) is 8.67. The Morgan fingerprint density at radius 3 is 2.71 bits per heavy atom. The summed E-state index contributed by atoms with van der Waals surface area (Å²) in [4.78, 5) is 0. The number of rotatable bonds is 6. The van der Waals surface area contributed by atoms with Gasteiger partial charge in [0, 0.05) is 14.4 Å². The summed E-state index contributed by atoms with van der Waals surface area (Å²) in [7, 11) is -0.194. The van der Waals surface area contributed by atoms with Crippen LogP contribution in [0.15, 0.2) is 30.9 Å². The van der Waals surface area contributed by atoms with Crippen LogP contribution in [0.3, 0.4) is 0 Å². The van der Waals surface area contributed by atoms with E-state index in [0.717, 1.165) is 18.6 Å². The largest absolute Gasteiger partial charge is 0.380 e. The van der Waals surface area contributed by atoms with Gasteiger partial charge in [-0.2, -0.15) is 0 Å². The fourth-order valence-corrected chi connectivity index (χ4v) is 6.27. The highest BCUT2D eigenvalue weighted by molar-refractivity contribution is 6.58. The SMILES string of the molecule is C=CCCC[Si]1CCC(CC(O)C#Cc2ccc(F)c(F)c2)CC1. The van der Waals surface area contributed by atoms with Crippen LogP contribution in [-0.4, -0.2) is 20.0 Å². The zero-order chi connectivity index (χ0) is 17.4. The van der Waals surface area contributed by atoms with Gasteiger partial charge in [0.25, 0.3) is 0 Å². The van der Waals surface area contributed by atoms with Crippen LogP contribution >= 0.6 is 0 Å². The minimum atomic E-state index is -0.908. The van der Waals surface area contributed by atoms with E-state index in [4.69, 9.17) is 0 Å². The Balaban J connectivity index is 1.75. The number of halogens is 2. The maximum atomic E-state index is 13.1. The van der Waals surface area contributed by atoms with Gasteiger partial charge in [-0.25, -0.2) is 8.78 Å². The van der Waals surface area contributed by atoms with E-state index in [9.17, 15) is 13.9 Å². The normalized spacial score (nSPS) is 17.1. The third-order valence-electron chi connectivity index (χ3n) is 4.61. The lowest BCUT2D eigenvalue weighted by atomic mass is 9.95. The van der Waals surface area contributed by atoms with E-state index in [-0.39, 0.29) is 8.80 Å². The maximum absolute atomic E-state index is 13.1. The average molecular weight is 348 g/mol. The van der Waals surface area contributed by atoms with Gasteiger partial charge < -0.3 is 5.11 Å². The number of aliphatic hydroxyl groups is 1. The summed E-state index contributed by atoms with van der Waals surface area (Å²) < 4.78 is 26.0. The lowest BCUT2D eigenvalue weighted by Gasteiger charge is -2.27. The Morgan fingerprint density at radius 2 is 2.04 bits per heavy atom. The summed E-state index contributed by atoms with van der Waals surface area (Å²) in [5, 5.41) is 10.1. The predicted molar refractivity (Wildman–Crippen MR) is 96.2 cm³/mol. The van der Waals surface area contributed by atoms with Gasteiger partial charge >= 0.3 is 0 Å². The molecule has 0 spiro atoms. The molecule has 1 aromatic rings. The van der Waals surface area contributed by atoms with Gasteiger partial charge in [0.15, 0.2) is 11.6 Å². The Labute approximate surface area is 145 Å². The molecule has 0 bridgehead atoms. The topological polar surface area (TPSA) is 20.2 Å². The Bertz CT molecular complexity index is 597. The Hall–Kier alpha value is -1.44. The molecule has 0 saturated carbocycles. The van der Waals surface area contributed by atoms with Crippen molar-refractivity contribution in [1.82, 2.24) is 0 Å². The summed E-state index contributed by atoms with van der Waals surface area (Å²) >= 11 is 0. The molecule has 1 radical (unpaired) electrons. The summed E-state index contributed by atoms with van der Waals surface area (Å²) in [5.41, 5.74) is 0.393. The van der Waals surface area contributed by atoms with Crippen LogP contribution in [0.25, 0.3) is 0 Å². The number of aliphatic hydroxyl groups excluding tert-OH is 1. The van der Waals surface area contributed by atoms with Crippen LogP contribution in [0, 0.1) is 29.4 Å². The molecule has 1 nitrogen and oxygen atoms in total. The Kier molecular flexibility index (Phi) is 7.68. The molecule has 1 N–H and O–H groups in total. The monoisotopic (exact) mass is 347 g/mol. The van der Waals surface area contributed by atoms with Crippen LogP contribution in [0.2, 0.25) is 18.1 Å². The van der Waals surface area contributed by atoms with Crippen molar-refractivity contribution in [3.63, 3.8) is 0 Å². The number of benzene rings is 1. The molecule has 24 heavy (non-hydrogen) atoms. The molecule has 1 aliphatic rings. The van der Waals surface area contributed by atoms with Gasteiger partial charge in [-0.1, -0.05) is 55.3 Å². The molecule has 0 aromatic heterocycles. The second-order valence-corrected chi connectivity index (χ2v) is 9.52. The first-order valence-corrected chi connectivity index (χ1v) is 10.8. The first-order chi connectivity index (χ1) is 11.6. The zero-order valence-electron chi connectivity index (χ0n) is 14.0. The number of hydrogen-bond acceptors (Lipinski definition) is 1. The van der Waals surface area contributed by atoms with Crippen molar-refractivity contribution >= 4 is 8.80 Å². The van der Waals surface area contributed by atoms with Crippen molar-refractivity contribution < 1.29 is 13.9 Å². The zero-order valence-corrected chi connectivity index (χ0v) is 15.0. The van der Waals surface area contributed by atoms with Crippen molar-refractivity contribution in [2.45, 2.75) is 56.3 Å². The van der Waals surface area contributed by atoms with Crippen LogP contribution in [0.1, 0.15) is 37.7 Å². The van der Waals surface area contributed by atoms with Crippen LogP contribution in [-0.2, 0) is 0 Å². The van der Waals surface area contributed by atoms with Gasteiger partial charge in [0.05, 0.1) is 0 Å². The minimum Gasteiger partial charge on any atom is -0.380 e. The fourth-order valence-electron chi connectivity index (χ4n) is 3.18. The van der Waals surface area contributed by atoms with E-state index in [1.54, 1.807) is 0 Å². The summed E-state index contributed by atoms with van der Waals surface area (Å²) in [6, 6.07) is 7.58. The molecule has 1 aliphatic heterocycles. The van der Waals surface area contributed by atoms with E-state index in [1.165, 1.54) is 43.5 Å². The molecule has 0 amide bonds. The van der Waals surface area contributed by atoms with Gasteiger partial charge in [-0.15, -0.1) is 6.58 Å². The van der Waals surface area contributed by atoms with E-state index in [2.05, 4.69) is 18.4 Å². The highest BCUT2D eigenvalue weighted by Crippen LogP contribution is 2.30. The van der Waals surface area contributed by atoms with Crippen molar-refractivity contribution in [2.24, 2.45) is 5.92 Å². The van der Waals surface area contributed by atoms with Crippen molar-refractivity contribution in [1.29, 1.82) is 0 Å². The summed E-state index contributed by atoms with van der Waals surface area (Å²) in [6.45, 7) is 3.77. The van der Waals surface area contributed by atoms with E-state index >= 15 is 0 Å². The molecule has 1 fully saturated rings. The lowest BCUT2D eigenvalue weighted by molar-refractivity contribution is 0.190. The molecule has 1 aromatic carbocycles. The predicted octanol–water partition coefficient (Wildman–Crippen LogP) is 4.94. The van der Waals surface area contributed by atoms with Crippen molar-refractivity contribution in [3.8, 4) is 11.8 Å². The third-order valence-corrected chi connectivity index (χ3v) is 7.66. The second kappa shape index (κ2) is 9.76. The van der Waals surface area contributed by atoms with Crippen molar-refractivity contribution in [3.05, 3.63) is 48.1 Å². The number of unbranched alkanes of at least 4 members (excludes halogenated alkanes) is 1. The summed E-state index contributed by atoms with van der Waals surface area (Å²) in [5.74, 6) is 4.24. The highest BCUT2D eigenvalue weighted by Gasteiger charge is 2.23. The highest BCUT2D eigenvalue weighted by atomic mass is 28.3. The molecule has 4 heteroatoms. The molecule has 1 unspecified atom stereocenters. The molecule has 1 saturated heterocycles. The summed E-state index contributed by atoms with van der Waals surface area (Å²) in [6.07, 6.45) is 6.74. The van der Waals surface area contributed by atoms with Crippen LogP contribution < -0.4 is 0 Å². The van der Waals surface area contributed by atoms with E-state index < -0.39 is 17.7 Å². The maximum Gasteiger partial charge on any atom is 0.160 e. The molecule has 1 atom stereocenters. The van der Waals surface area contributed by atoms with E-state index in [0.29, 0.717) is 17.9 Å². The first kappa shape index (κ1) is 18.9. The van der Waals surface area contributed by atoms with Gasteiger partial charge in [-0.05, 0) is 37.0 Å². The number of hydrogen-bond donors (Lipinski definition) is 1. The molecular formula is C20H25F2OSi. The lowest BCUT2D eigenvalue weighted by Crippen LogP contribution is -2.23. The molecule has 129 valence electrons. The standard InChI is InChI=1S/C20H25F2OSi/c1-2-3-4-11-24-12-9-17(10-13-24)14-18(23)7-5-16-6-8-19(21)20(22)15-16/h2,6,8,15,17-18,23H,1,3-4,9-14H2. The van der Waals surface area contributed by atoms with Crippen LogP contribution in [0.5, 0.6) is 0 Å². The smallest absolute Gasteiger partial charge is 0.160 e. The quantitative estimate of drug-likeness (QED) is 0.334. The van der Waals surface area contributed by atoms with Gasteiger partial charge in [0.1, 0.15) is 6.10 Å². The molecule has 1 heterocycles. The fraction of sp³-hybridized carbons (Fsp3) is 0.500. The Morgan fingerprint density at radius 1 is 1.29 bits per heavy atom. The average Bonchev–Trinajstić information content (AvgIpc) is 2.58. The second-order valence-electron chi connectivity index (χ2n) is 6.52. The van der Waals surface area contributed by atoms with Crippen LogP contribution in [0.4, 0.5) is 8.78 Å². The van der Waals surface area contributed by atoms with E-state index in [1.807, 2.05) is 6.08 Å². The third kappa shape index (κ3) is 6.22. The minimum absolute atomic E-state index is 0.194. The van der Waals surface area contributed by atoms with Gasteiger partial charge in [0.2, 0.25) is 0 Å².